The number of benzene rings is 3. The van der Waals surface area contributed by atoms with Crippen molar-refractivity contribution >= 4 is 0 Å². The largest absolute Gasteiger partial charge is 0.338 e. The first kappa shape index (κ1) is 32.7. The van der Waals surface area contributed by atoms with Gasteiger partial charge in [0.05, 0.1) is 0 Å². The molecule has 3 aromatic carbocycles. The molecule has 0 aromatic heterocycles. The van der Waals surface area contributed by atoms with Crippen molar-refractivity contribution in [2.45, 2.75) is 39.3 Å². The fourth-order valence-electron chi connectivity index (χ4n) is 6.63. The first-order valence-corrected chi connectivity index (χ1v) is 17.6. The molecule has 12 aliphatic rings. The summed E-state index contributed by atoms with van der Waals surface area (Å²) in [5.41, 5.74) is 8.67. The highest BCUT2D eigenvalue weighted by Crippen LogP contribution is 2.03. The van der Waals surface area contributed by atoms with Crippen LogP contribution in [0, 0.1) is 0 Å². The van der Waals surface area contributed by atoms with Gasteiger partial charge in [-0.15, -0.1) is 0 Å². The second-order valence-corrected chi connectivity index (χ2v) is 13.1. The molecule has 0 amide bonds. The number of quaternary nitrogens is 8. The van der Waals surface area contributed by atoms with Crippen molar-refractivity contribution < 1.29 is 41.7 Å². The Morgan fingerprint density at radius 3 is 0.591 bits per heavy atom. The molecule has 0 saturated carbocycles. The minimum atomic E-state index is 1.08. The molecule has 8 bridgehead atoms. The lowest BCUT2D eigenvalue weighted by molar-refractivity contribution is -0.935. The van der Waals surface area contributed by atoms with Gasteiger partial charge >= 0.3 is 0 Å². The van der Waals surface area contributed by atoms with Gasteiger partial charge in [0, 0.05) is 33.4 Å². The maximum atomic E-state index is 2.51. The van der Waals surface area contributed by atoms with Crippen molar-refractivity contribution in [1.82, 2.24) is 0 Å². The van der Waals surface area contributed by atoms with E-state index in [2.05, 4.69) is 105 Å². The van der Waals surface area contributed by atoms with Gasteiger partial charge in [0.2, 0.25) is 0 Å². The second-order valence-electron chi connectivity index (χ2n) is 13.1. The molecular weight excluding hydrogens is 544 g/mol. The molecular formula is C36H62N8+8. The van der Waals surface area contributed by atoms with E-state index in [1.807, 2.05) is 0 Å². The van der Waals surface area contributed by atoms with Gasteiger partial charge in [-0.05, 0) is 0 Å². The molecule has 0 saturated heterocycles. The van der Waals surface area contributed by atoms with Gasteiger partial charge in [-0.2, -0.15) is 0 Å². The SMILES string of the molecule is c1cc2ccc1C[NH2+]CC[NH+]1CC[NH2+]Cc3ccc(cc3)C[NH2+]CC[NH+](CC[NH2+]C2)CC[NH2+]Cc2ccc(cc2)C[NH2+]CC1. The van der Waals surface area contributed by atoms with Gasteiger partial charge in [0.1, 0.15) is 118 Å². The molecule has 12 heterocycles. The first-order chi connectivity index (χ1) is 21.8. The molecule has 8 heteroatoms. The third-order valence-corrected chi connectivity index (χ3v) is 9.56. The monoisotopic (exact) mass is 607 g/mol. The van der Waals surface area contributed by atoms with Crippen LogP contribution in [-0.2, 0) is 39.3 Å². The van der Waals surface area contributed by atoms with E-state index >= 15 is 0 Å². The van der Waals surface area contributed by atoms with E-state index in [0.717, 1.165) is 39.3 Å². The van der Waals surface area contributed by atoms with Crippen LogP contribution in [0.15, 0.2) is 72.8 Å². The van der Waals surface area contributed by atoms with Gasteiger partial charge in [-0.1, -0.05) is 72.8 Å². The Hall–Kier alpha value is -2.66. The molecule has 0 spiro atoms. The maximum Gasteiger partial charge on any atom is 0.127 e. The third kappa shape index (κ3) is 12.0. The summed E-state index contributed by atoms with van der Waals surface area (Å²) >= 11 is 0. The highest BCUT2D eigenvalue weighted by atomic mass is 15.2. The number of hydrogen-bond acceptors (Lipinski definition) is 0. The van der Waals surface area contributed by atoms with E-state index < -0.39 is 0 Å². The highest BCUT2D eigenvalue weighted by Gasteiger charge is 2.14. The molecule has 0 fully saturated rings. The van der Waals surface area contributed by atoms with Gasteiger partial charge in [-0.3, -0.25) is 0 Å². The van der Waals surface area contributed by atoms with Crippen LogP contribution in [0.5, 0.6) is 0 Å². The Labute approximate surface area is 265 Å². The van der Waals surface area contributed by atoms with Gasteiger partial charge in [0.15, 0.2) is 0 Å². The van der Waals surface area contributed by atoms with E-state index in [1.165, 1.54) is 112 Å². The minimum absolute atomic E-state index is 1.08. The summed E-state index contributed by atoms with van der Waals surface area (Å²) < 4.78 is 0. The predicted molar refractivity (Wildman–Crippen MR) is 173 cm³/mol. The summed E-state index contributed by atoms with van der Waals surface area (Å²) in [4.78, 5) is 3.47. The summed E-state index contributed by atoms with van der Waals surface area (Å²) in [6.07, 6.45) is 0. The van der Waals surface area contributed by atoms with E-state index in [4.69, 9.17) is 0 Å². The fraction of sp³-hybridized carbons (Fsp3) is 0.500. The maximum absolute atomic E-state index is 2.51. The summed E-state index contributed by atoms with van der Waals surface area (Å²) in [6, 6.07) is 28.2. The van der Waals surface area contributed by atoms with Crippen molar-refractivity contribution in [2.75, 3.05) is 78.5 Å². The molecule has 238 valence electrons. The van der Waals surface area contributed by atoms with Crippen LogP contribution in [0.25, 0.3) is 0 Å². The Morgan fingerprint density at radius 2 is 0.432 bits per heavy atom. The Bertz CT molecular complexity index is 938. The lowest BCUT2D eigenvalue weighted by atomic mass is 10.1. The lowest BCUT2D eigenvalue weighted by Crippen LogP contribution is -3.18. The molecule has 3 aromatic rings. The molecule has 12 aliphatic heterocycles. The normalized spacial score (nSPS) is 22.6. The summed E-state index contributed by atoms with van der Waals surface area (Å²) in [5, 5.41) is 15.1. The van der Waals surface area contributed by atoms with E-state index in [0.29, 0.717) is 0 Å². The van der Waals surface area contributed by atoms with Gasteiger partial charge in [-0.25, -0.2) is 0 Å². The smallest absolute Gasteiger partial charge is 0.127 e. The zero-order chi connectivity index (χ0) is 30.1. The summed E-state index contributed by atoms with van der Waals surface area (Å²) in [7, 11) is 0. The number of nitrogens with two attached hydrogens (primary N) is 6. The third-order valence-electron chi connectivity index (χ3n) is 9.56. The Balaban J connectivity index is 1.27. The summed E-state index contributed by atoms with van der Waals surface area (Å²) in [6.45, 7) is 20.9. The number of nitrogens with one attached hydrogen (secondary N) is 2. The van der Waals surface area contributed by atoms with Crippen LogP contribution in [0.1, 0.15) is 33.4 Å². The van der Waals surface area contributed by atoms with E-state index in [-0.39, 0.29) is 0 Å². The first-order valence-electron chi connectivity index (χ1n) is 17.6. The average Bonchev–Trinajstić information content (AvgIpc) is 3.05. The Morgan fingerprint density at radius 1 is 0.273 bits per heavy atom. The highest BCUT2D eigenvalue weighted by molar-refractivity contribution is 5.22. The van der Waals surface area contributed by atoms with E-state index in [1.54, 1.807) is 9.80 Å². The van der Waals surface area contributed by atoms with Crippen molar-refractivity contribution in [3.05, 3.63) is 106 Å². The van der Waals surface area contributed by atoms with Gasteiger partial charge in [0.25, 0.3) is 0 Å². The molecule has 0 atom stereocenters. The van der Waals surface area contributed by atoms with Crippen molar-refractivity contribution in [3.8, 4) is 0 Å². The predicted octanol–water partition coefficient (Wildman–Crippen LogP) is -6.74. The zero-order valence-electron chi connectivity index (χ0n) is 27.1. The van der Waals surface area contributed by atoms with Crippen molar-refractivity contribution in [1.29, 1.82) is 0 Å². The molecule has 15 rings (SSSR count). The second kappa shape index (κ2) is 19.0. The van der Waals surface area contributed by atoms with Crippen molar-refractivity contribution in [2.24, 2.45) is 0 Å². The molecule has 8 nitrogen and oxygen atoms in total. The van der Waals surface area contributed by atoms with Crippen LogP contribution in [0.2, 0.25) is 0 Å². The topological polar surface area (TPSA) is 109 Å². The van der Waals surface area contributed by atoms with Crippen LogP contribution in [0.4, 0.5) is 0 Å². The molecule has 44 heavy (non-hydrogen) atoms. The van der Waals surface area contributed by atoms with Crippen LogP contribution in [-0.4, -0.2) is 78.5 Å². The fourth-order valence-corrected chi connectivity index (χ4v) is 6.63. The van der Waals surface area contributed by atoms with Crippen LogP contribution >= 0.6 is 0 Å². The van der Waals surface area contributed by atoms with Crippen LogP contribution in [0.3, 0.4) is 0 Å². The molecule has 0 radical (unpaired) electrons. The standard InChI is InChI=1S/C36H54N8/c1-2-32-4-3-31(1)25-37-13-19-43-21-15-39-27-33-5-9-35(10-6-33)29-41-17-23-44(20-14-38-26-32)24-18-42-30-36-11-7-34(8-12-36)28-40-16-22-43/h1-12,37-42H,13-30H2/p+8. The summed E-state index contributed by atoms with van der Waals surface area (Å²) in [5.74, 6) is 0. The molecule has 0 aliphatic carbocycles. The zero-order valence-corrected chi connectivity index (χ0v) is 27.1. The van der Waals surface area contributed by atoms with E-state index in [9.17, 15) is 0 Å². The molecule has 14 N–H and O–H groups in total. The number of hydrogen-bond donors (Lipinski definition) is 8. The minimum Gasteiger partial charge on any atom is -0.338 e. The lowest BCUT2D eigenvalue weighted by Gasteiger charge is -2.18. The number of rotatable bonds is 0. The van der Waals surface area contributed by atoms with Crippen LogP contribution < -0.4 is 41.7 Å². The average molecular weight is 607 g/mol. The quantitative estimate of drug-likeness (QED) is 0.125. The van der Waals surface area contributed by atoms with Gasteiger partial charge < -0.3 is 41.7 Å². The Kier molecular flexibility index (Phi) is 14.1. The van der Waals surface area contributed by atoms with Crippen molar-refractivity contribution in [3.63, 3.8) is 0 Å². The molecule has 0 unspecified atom stereocenters.